The Balaban J connectivity index is 1.49. The summed E-state index contributed by atoms with van der Waals surface area (Å²) in [5, 5.41) is 4.65. The van der Waals surface area contributed by atoms with Gasteiger partial charge in [0.05, 0.1) is 17.9 Å². The van der Waals surface area contributed by atoms with Crippen LogP contribution in [0.2, 0.25) is 0 Å². The molecule has 10 heteroatoms. The van der Waals surface area contributed by atoms with Gasteiger partial charge in [-0.25, -0.2) is 9.78 Å². The number of anilines is 2. The van der Waals surface area contributed by atoms with Crippen LogP contribution in [0.4, 0.5) is 15.6 Å². The van der Waals surface area contributed by atoms with Gasteiger partial charge in [0.1, 0.15) is 6.61 Å². The van der Waals surface area contributed by atoms with E-state index >= 15 is 0 Å². The molecule has 3 rings (SSSR count). The number of hydrogen-bond donors (Lipinski definition) is 1. The maximum Gasteiger partial charge on any atom is 0.324 e. The van der Waals surface area contributed by atoms with Crippen LogP contribution in [0, 0.1) is 0 Å². The predicted molar refractivity (Wildman–Crippen MR) is 106 cm³/mol. The molecule has 0 unspecified atom stereocenters. The molecule has 1 aliphatic rings. The lowest BCUT2D eigenvalue weighted by atomic mass is 10.3. The Hall–Kier alpha value is -3.27. The van der Waals surface area contributed by atoms with Crippen LogP contribution in [0.15, 0.2) is 35.7 Å². The standard InChI is InChI=1S/C19H20N4O5S/c1-13(24)23(15-6-3-2-4-7-15)19-21-14(12-29-19)11-28-17(26)8-5-9-22-16(25)10-20-18(22)27/h2-4,6-7,12H,5,8-11H2,1H3,(H,20,27). The van der Waals surface area contributed by atoms with E-state index in [9.17, 15) is 19.2 Å². The number of ether oxygens (including phenoxy) is 1. The lowest BCUT2D eigenvalue weighted by Gasteiger charge is -2.17. The molecule has 152 valence electrons. The molecular formula is C19H20N4O5S. The number of thiazole rings is 1. The molecule has 0 spiro atoms. The molecule has 1 aromatic heterocycles. The molecule has 1 saturated heterocycles. The first-order chi connectivity index (χ1) is 14.0. The van der Waals surface area contributed by atoms with E-state index in [2.05, 4.69) is 10.3 Å². The SMILES string of the molecule is CC(=O)N(c1ccccc1)c1nc(COC(=O)CCCN2C(=O)CNC2=O)cs1. The van der Waals surface area contributed by atoms with Crippen molar-refractivity contribution >= 4 is 46.0 Å². The van der Waals surface area contributed by atoms with Gasteiger partial charge in [0.15, 0.2) is 5.13 Å². The van der Waals surface area contributed by atoms with Gasteiger partial charge < -0.3 is 10.1 Å². The average molecular weight is 416 g/mol. The van der Waals surface area contributed by atoms with Gasteiger partial charge in [-0.05, 0) is 18.6 Å². The molecular weight excluding hydrogens is 396 g/mol. The summed E-state index contributed by atoms with van der Waals surface area (Å²) in [6.07, 6.45) is 0.407. The number of benzene rings is 1. The lowest BCUT2D eigenvalue weighted by molar-refractivity contribution is -0.145. The number of esters is 1. The van der Waals surface area contributed by atoms with Crippen LogP contribution in [0.3, 0.4) is 0 Å². The largest absolute Gasteiger partial charge is 0.459 e. The highest BCUT2D eigenvalue weighted by atomic mass is 32.1. The minimum Gasteiger partial charge on any atom is -0.459 e. The van der Waals surface area contributed by atoms with E-state index in [1.807, 2.05) is 30.3 Å². The molecule has 2 heterocycles. The zero-order chi connectivity index (χ0) is 20.8. The number of hydrogen-bond acceptors (Lipinski definition) is 7. The molecule has 1 aliphatic heterocycles. The van der Waals surface area contributed by atoms with E-state index in [1.165, 1.54) is 23.2 Å². The molecule has 0 saturated carbocycles. The van der Waals surface area contributed by atoms with Gasteiger partial charge in [-0.1, -0.05) is 18.2 Å². The first-order valence-corrected chi connectivity index (χ1v) is 9.87. The second-order valence-electron chi connectivity index (χ2n) is 6.28. The van der Waals surface area contributed by atoms with Crippen LogP contribution < -0.4 is 10.2 Å². The highest BCUT2D eigenvalue weighted by Crippen LogP contribution is 2.28. The number of rotatable bonds is 8. The van der Waals surface area contributed by atoms with Crippen LogP contribution in [-0.2, 0) is 25.7 Å². The molecule has 2 aromatic rings. The summed E-state index contributed by atoms with van der Waals surface area (Å²) in [6, 6.07) is 8.72. The lowest BCUT2D eigenvalue weighted by Crippen LogP contribution is -2.32. The van der Waals surface area contributed by atoms with Crippen molar-refractivity contribution in [1.82, 2.24) is 15.2 Å². The summed E-state index contributed by atoms with van der Waals surface area (Å²) in [4.78, 5) is 53.8. The fourth-order valence-electron chi connectivity index (χ4n) is 2.76. The van der Waals surface area contributed by atoms with Crippen LogP contribution in [-0.4, -0.2) is 46.8 Å². The molecule has 0 atom stereocenters. The maximum atomic E-state index is 12.0. The van der Waals surface area contributed by atoms with Crippen molar-refractivity contribution < 1.29 is 23.9 Å². The van der Waals surface area contributed by atoms with Crippen molar-refractivity contribution in [2.75, 3.05) is 18.0 Å². The Labute approximate surface area is 171 Å². The number of nitrogens with one attached hydrogen (secondary N) is 1. The normalized spacial score (nSPS) is 13.3. The number of urea groups is 1. The molecule has 0 bridgehead atoms. The Morgan fingerprint density at radius 3 is 2.69 bits per heavy atom. The molecule has 4 amide bonds. The second kappa shape index (κ2) is 9.28. The number of amides is 4. The fraction of sp³-hybridized carbons (Fsp3) is 0.316. The number of nitrogens with zero attached hydrogens (tertiary/aromatic N) is 3. The first kappa shape index (κ1) is 20.5. The second-order valence-corrected chi connectivity index (χ2v) is 7.12. The Kier molecular flexibility index (Phi) is 6.55. The third-order valence-electron chi connectivity index (χ3n) is 4.14. The van der Waals surface area contributed by atoms with Crippen LogP contribution in [0.1, 0.15) is 25.5 Å². The van der Waals surface area contributed by atoms with Crippen molar-refractivity contribution in [3.05, 3.63) is 41.4 Å². The minimum absolute atomic E-state index is 0.00427. The Bertz CT molecular complexity index is 898. The van der Waals surface area contributed by atoms with E-state index in [4.69, 9.17) is 4.74 Å². The molecule has 29 heavy (non-hydrogen) atoms. The average Bonchev–Trinajstić information content (AvgIpc) is 3.28. The van der Waals surface area contributed by atoms with Gasteiger partial charge >= 0.3 is 12.0 Å². The Morgan fingerprint density at radius 1 is 1.28 bits per heavy atom. The molecule has 1 fully saturated rings. The van der Waals surface area contributed by atoms with Crippen molar-refractivity contribution in [3.8, 4) is 0 Å². The van der Waals surface area contributed by atoms with Crippen molar-refractivity contribution in [3.63, 3.8) is 0 Å². The smallest absolute Gasteiger partial charge is 0.324 e. The van der Waals surface area contributed by atoms with E-state index in [1.54, 1.807) is 5.38 Å². The maximum absolute atomic E-state index is 12.0. The highest BCUT2D eigenvalue weighted by molar-refractivity contribution is 7.14. The van der Waals surface area contributed by atoms with E-state index in [-0.39, 0.29) is 37.9 Å². The van der Waals surface area contributed by atoms with E-state index in [0.29, 0.717) is 22.9 Å². The number of carbonyl (C=O) groups excluding carboxylic acids is 4. The summed E-state index contributed by atoms with van der Waals surface area (Å²) in [6.45, 7) is 1.61. The summed E-state index contributed by atoms with van der Waals surface area (Å²) in [5.41, 5.74) is 1.24. The molecule has 9 nitrogen and oxygen atoms in total. The topological polar surface area (TPSA) is 109 Å². The van der Waals surface area contributed by atoms with E-state index < -0.39 is 12.0 Å². The highest BCUT2D eigenvalue weighted by Gasteiger charge is 2.27. The van der Waals surface area contributed by atoms with Crippen LogP contribution >= 0.6 is 11.3 Å². The monoisotopic (exact) mass is 416 g/mol. The molecule has 0 radical (unpaired) electrons. The predicted octanol–water partition coefficient (Wildman–Crippen LogP) is 2.20. The van der Waals surface area contributed by atoms with Gasteiger partial charge in [-0.3, -0.25) is 24.2 Å². The Morgan fingerprint density at radius 2 is 2.03 bits per heavy atom. The van der Waals surface area contributed by atoms with Gasteiger partial charge in [-0.15, -0.1) is 11.3 Å². The number of carbonyl (C=O) groups is 4. The zero-order valence-corrected chi connectivity index (χ0v) is 16.6. The third-order valence-corrected chi connectivity index (χ3v) is 5.02. The van der Waals surface area contributed by atoms with Crippen molar-refractivity contribution in [2.24, 2.45) is 0 Å². The first-order valence-electron chi connectivity index (χ1n) is 8.99. The van der Waals surface area contributed by atoms with Crippen molar-refractivity contribution in [1.29, 1.82) is 0 Å². The zero-order valence-electron chi connectivity index (χ0n) is 15.8. The summed E-state index contributed by atoms with van der Waals surface area (Å²) >= 11 is 1.28. The van der Waals surface area contributed by atoms with Crippen molar-refractivity contribution in [2.45, 2.75) is 26.4 Å². The summed E-state index contributed by atoms with van der Waals surface area (Å²) < 4.78 is 5.20. The number of aromatic nitrogens is 1. The number of imide groups is 1. The summed E-state index contributed by atoms with van der Waals surface area (Å²) in [7, 11) is 0. The molecule has 1 N–H and O–H groups in total. The van der Waals surface area contributed by atoms with Crippen LogP contribution in [0.5, 0.6) is 0 Å². The molecule has 0 aliphatic carbocycles. The van der Waals surface area contributed by atoms with Crippen LogP contribution in [0.25, 0.3) is 0 Å². The fourth-order valence-corrected chi connectivity index (χ4v) is 3.63. The van der Waals surface area contributed by atoms with Gasteiger partial charge in [0.2, 0.25) is 11.8 Å². The van der Waals surface area contributed by atoms with Gasteiger partial charge in [-0.2, -0.15) is 0 Å². The number of para-hydroxylation sites is 1. The van der Waals surface area contributed by atoms with Gasteiger partial charge in [0.25, 0.3) is 0 Å². The quantitative estimate of drug-likeness (QED) is 0.522. The third kappa shape index (κ3) is 5.17. The molecule has 1 aromatic carbocycles. The van der Waals surface area contributed by atoms with Gasteiger partial charge in [0, 0.05) is 25.3 Å². The van der Waals surface area contributed by atoms with E-state index in [0.717, 1.165) is 4.90 Å². The minimum atomic E-state index is -0.446. The summed E-state index contributed by atoms with van der Waals surface area (Å²) in [5.74, 6) is -0.917.